The summed E-state index contributed by atoms with van der Waals surface area (Å²) < 4.78 is 25.9. The summed E-state index contributed by atoms with van der Waals surface area (Å²) in [6.45, 7) is 0. The molecule has 2 amide bonds. The second-order valence-electron chi connectivity index (χ2n) is 6.41. The van der Waals surface area contributed by atoms with Crippen molar-refractivity contribution in [3.05, 3.63) is 95.6 Å². The normalized spacial score (nSPS) is 10.1. The van der Waals surface area contributed by atoms with Crippen molar-refractivity contribution >= 4 is 57.8 Å². The van der Waals surface area contributed by atoms with E-state index in [4.69, 9.17) is 24.4 Å². The van der Waals surface area contributed by atoms with Crippen LogP contribution in [0, 0.1) is 11.6 Å². The number of carbonyl (C=O) groups is 2. The Morgan fingerprint density at radius 2 is 1.00 bits per heavy atom. The molecule has 0 bridgehead atoms. The highest BCUT2D eigenvalue weighted by Gasteiger charge is 2.13. The van der Waals surface area contributed by atoms with Crippen molar-refractivity contribution < 1.29 is 18.4 Å². The molecule has 32 heavy (non-hydrogen) atoms. The first-order chi connectivity index (χ1) is 15.3. The summed E-state index contributed by atoms with van der Waals surface area (Å²) in [7, 11) is 0. The summed E-state index contributed by atoms with van der Waals surface area (Å²) in [4.78, 5) is 24.9. The Bertz CT molecular complexity index is 1080. The number of thiocarbonyl (C=S) groups is 2. The molecule has 162 valence electrons. The molecule has 0 unspecified atom stereocenters. The van der Waals surface area contributed by atoms with Gasteiger partial charge in [0.1, 0.15) is 11.6 Å². The van der Waals surface area contributed by atoms with Crippen molar-refractivity contribution in [2.45, 2.75) is 0 Å². The molecule has 0 heterocycles. The topological polar surface area (TPSA) is 82.3 Å². The lowest BCUT2D eigenvalue weighted by Crippen LogP contribution is -2.35. The highest BCUT2D eigenvalue weighted by atomic mass is 32.1. The lowest BCUT2D eigenvalue weighted by molar-refractivity contribution is 0.0976. The average molecular weight is 471 g/mol. The maximum atomic E-state index is 13.0. The molecule has 0 radical (unpaired) electrons. The van der Waals surface area contributed by atoms with E-state index in [1.165, 1.54) is 72.8 Å². The highest BCUT2D eigenvalue weighted by molar-refractivity contribution is 7.80. The summed E-state index contributed by atoms with van der Waals surface area (Å²) in [5.74, 6) is -1.86. The molecule has 0 aliphatic heterocycles. The molecule has 4 N–H and O–H groups in total. The van der Waals surface area contributed by atoms with E-state index in [0.717, 1.165) is 0 Å². The number of benzene rings is 3. The molecule has 3 rings (SSSR count). The molecule has 6 nitrogen and oxygen atoms in total. The summed E-state index contributed by atoms with van der Waals surface area (Å²) in [5.41, 5.74) is 1.40. The van der Waals surface area contributed by atoms with Crippen LogP contribution in [0.25, 0.3) is 0 Å². The van der Waals surface area contributed by atoms with E-state index in [-0.39, 0.29) is 21.4 Å². The van der Waals surface area contributed by atoms with Crippen LogP contribution >= 0.6 is 24.4 Å². The largest absolute Gasteiger partial charge is 0.332 e. The number of anilines is 2. The smallest absolute Gasteiger partial charge is 0.257 e. The van der Waals surface area contributed by atoms with E-state index >= 15 is 0 Å². The minimum Gasteiger partial charge on any atom is -0.332 e. The van der Waals surface area contributed by atoms with Crippen molar-refractivity contribution in [3.63, 3.8) is 0 Å². The van der Waals surface area contributed by atoms with E-state index in [1.54, 1.807) is 0 Å². The number of halogens is 2. The van der Waals surface area contributed by atoms with Gasteiger partial charge in [-0.05, 0) is 91.2 Å². The Hall–Kier alpha value is -3.76. The molecule has 0 aliphatic rings. The third-order valence-corrected chi connectivity index (χ3v) is 4.45. The van der Waals surface area contributed by atoms with Crippen LogP contribution in [0.1, 0.15) is 20.7 Å². The number of hydrogen-bond donors (Lipinski definition) is 4. The van der Waals surface area contributed by atoms with E-state index in [9.17, 15) is 18.4 Å². The molecule has 0 saturated heterocycles. The Kier molecular flexibility index (Phi) is 7.53. The molecule has 0 fully saturated rings. The third-order valence-electron chi connectivity index (χ3n) is 4.05. The lowest BCUT2D eigenvalue weighted by Gasteiger charge is -2.11. The van der Waals surface area contributed by atoms with Crippen molar-refractivity contribution in [1.82, 2.24) is 10.6 Å². The second-order valence-corrected chi connectivity index (χ2v) is 7.23. The molecule has 0 atom stereocenters. The van der Waals surface area contributed by atoms with Gasteiger partial charge in [0.25, 0.3) is 11.8 Å². The van der Waals surface area contributed by atoms with Gasteiger partial charge < -0.3 is 10.6 Å². The van der Waals surface area contributed by atoms with Crippen LogP contribution in [-0.4, -0.2) is 22.0 Å². The first-order valence-electron chi connectivity index (χ1n) is 9.16. The molecule has 0 aliphatic carbocycles. The fourth-order valence-electron chi connectivity index (χ4n) is 2.54. The molecule has 0 saturated carbocycles. The van der Waals surface area contributed by atoms with Gasteiger partial charge in [0.05, 0.1) is 0 Å². The van der Waals surface area contributed by atoms with Crippen LogP contribution in [0.4, 0.5) is 20.2 Å². The SMILES string of the molecule is O=C(NC(=S)Nc1ccc(F)cc1)c1cccc(C(=O)NC(=S)Nc2ccc(F)cc2)c1. The maximum Gasteiger partial charge on any atom is 0.257 e. The van der Waals surface area contributed by atoms with Gasteiger partial charge in [0, 0.05) is 22.5 Å². The van der Waals surface area contributed by atoms with Crippen LogP contribution in [0.3, 0.4) is 0 Å². The van der Waals surface area contributed by atoms with Crippen LogP contribution in [0.5, 0.6) is 0 Å². The van der Waals surface area contributed by atoms with Crippen LogP contribution in [0.15, 0.2) is 72.8 Å². The minimum atomic E-state index is -0.536. The molecular formula is C22H16F2N4O2S2. The first-order valence-corrected chi connectivity index (χ1v) is 9.98. The van der Waals surface area contributed by atoms with Crippen LogP contribution in [0.2, 0.25) is 0 Å². The molecule has 0 spiro atoms. The number of rotatable bonds is 4. The molecule has 3 aromatic rings. The van der Waals surface area contributed by atoms with E-state index in [2.05, 4.69) is 21.3 Å². The number of nitrogens with one attached hydrogen (secondary N) is 4. The van der Waals surface area contributed by atoms with Gasteiger partial charge in [0.15, 0.2) is 10.2 Å². The Balaban J connectivity index is 1.58. The lowest BCUT2D eigenvalue weighted by atomic mass is 10.1. The van der Waals surface area contributed by atoms with Crippen LogP contribution in [-0.2, 0) is 0 Å². The van der Waals surface area contributed by atoms with E-state index < -0.39 is 23.4 Å². The molecular weight excluding hydrogens is 454 g/mol. The zero-order valence-electron chi connectivity index (χ0n) is 16.3. The minimum absolute atomic E-state index is 0.0149. The Labute approximate surface area is 193 Å². The van der Waals surface area contributed by atoms with Gasteiger partial charge in [-0.2, -0.15) is 0 Å². The summed E-state index contributed by atoms with van der Waals surface area (Å²) in [6, 6.07) is 16.9. The molecule has 10 heteroatoms. The average Bonchev–Trinajstić information content (AvgIpc) is 2.77. The number of amides is 2. The van der Waals surface area contributed by atoms with E-state index in [1.807, 2.05) is 0 Å². The second kappa shape index (κ2) is 10.5. The monoisotopic (exact) mass is 470 g/mol. The number of hydrogen-bond acceptors (Lipinski definition) is 4. The summed E-state index contributed by atoms with van der Waals surface area (Å²) in [5, 5.41) is 10.5. The molecule has 0 aromatic heterocycles. The van der Waals surface area contributed by atoms with Crippen molar-refractivity contribution in [1.29, 1.82) is 0 Å². The first kappa shape index (κ1) is 22.9. The molecule has 3 aromatic carbocycles. The Morgan fingerprint density at radius 1 is 0.625 bits per heavy atom. The Morgan fingerprint density at radius 3 is 1.38 bits per heavy atom. The fraction of sp³-hybridized carbons (Fsp3) is 0. The van der Waals surface area contributed by atoms with E-state index in [0.29, 0.717) is 11.4 Å². The summed E-state index contributed by atoms with van der Waals surface area (Å²) in [6.07, 6.45) is 0. The van der Waals surface area contributed by atoms with Gasteiger partial charge in [-0.1, -0.05) is 6.07 Å². The van der Waals surface area contributed by atoms with Crippen molar-refractivity contribution in [3.8, 4) is 0 Å². The quantitative estimate of drug-likeness (QED) is 0.428. The van der Waals surface area contributed by atoms with Gasteiger partial charge in [-0.3, -0.25) is 20.2 Å². The van der Waals surface area contributed by atoms with Gasteiger partial charge in [0.2, 0.25) is 0 Å². The van der Waals surface area contributed by atoms with Crippen LogP contribution < -0.4 is 21.3 Å². The zero-order chi connectivity index (χ0) is 23.1. The predicted octanol–water partition coefficient (Wildman–Crippen LogP) is 4.22. The fourth-order valence-corrected chi connectivity index (χ4v) is 2.96. The van der Waals surface area contributed by atoms with Gasteiger partial charge >= 0.3 is 0 Å². The van der Waals surface area contributed by atoms with Gasteiger partial charge in [-0.15, -0.1) is 0 Å². The van der Waals surface area contributed by atoms with Gasteiger partial charge in [-0.25, -0.2) is 8.78 Å². The predicted molar refractivity (Wildman–Crippen MR) is 127 cm³/mol. The highest BCUT2D eigenvalue weighted by Crippen LogP contribution is 2.10. The number of carbonyl (C=O) groups excluding carboxylic acids is 2. The standard InChI is InChI=1S/C22H16F2N4O2S2/c23-15-4-8-17(9-5-15)25-21(31)27-19(29)13-2-1-3-14(12-13)20(30)28-22(32)26-18-10-6-16(24)7-11-18/h1-12H,(H2,25,27,29,31)(H2,26,28,30,32). The van der Waals surface area contributed by atoms with Crippen molar-refractivity contribution in [2.24, 2.45) is 0 Å². The van der Waals surface area contributed by atoms with Crippen molar-refractivity contribution in [2.75, 3.05) is 10.6 Å². The zero-order valence-corrected chi connectivity index (χ0v) is 18.0. The third kappa shape index (κ3) is 6.62. The summed E-state index contributed by atoms with van der Waals surface area (Å²) >= 11 is 10.2. The maximum absolute atomic E-state index is 13.0.